The summed E-state index contributed by atoms with van der Waals surface area (Å²) in [6, 6.07) is 4.11. The third-order valence-corrected chi connectivity index (χ3v) is 4.65. The molecule has 1 aromatic rings. The molecule has 0 aromatic heterocycles. The first kappa shape index (κ1) is 22.8. The summed E-state index contributed by atoms with van der Waals surface area (Å²) in [6.45, 7) is 6.84. The summed E-state index contributed by atoms with van der Waals surface area (Å²) in [5.41, 5.74) is -0.229. The number of nitrogens with one attached hydrogen (secondary N) is 1. The minimum absolute atomic E-state index is 0. The van der Waals surface area contributed by atoms with Gasteiger partial charge in [0.2, 0.25) is 0 Å². The summed E-state index contributed by atoms with van der Waals surface area (Å²) in [5, 5.41) is 3.26. The van der Waals surface area contributed by atoms with Gasteiger partial charge in [0.05, 0.1) is 12.7 Å². The molecule has 26 heavy (non-hydrogen) atoms. The van der Waals surface area contributed by atoms with E-state index in [2.05, 4.69) is 16.8 Å². The molecule has 0 amide bonds. The Kier molecular flexibility index (Phi) is 9.47. The summed E-state index contributed by atoms with van der Waals surface area (Å²) in [4.78, 5) is 2.17. The predicted molar refractivity (Wildman–Crippen MR) is 101 cm³/mol. The first-order valence-electron chi connectivity index (χ1n) is 8.78. The van der Waals surface area contributed by atoms with Crippen molar-refractivity contribution in [1.29, 1.82) is 0 Å². The second-order valence-corrected chi connectivity index (χ2v) is 6.33. The van der Waals surface area contributed by atoms with Crippen molar-refractivity contribution in [3.8, 4) is 5.75 Å². The van der Waals surface area contributed by atoms with Gasteiger partial charge in [-0.1, -0.05) is 18.6 Å². The number of unbranched alkanes of at least 4 members (excludes halogenated alkanes) is 2. The molecule has 1 fully saturated rings. The van der Waals surface area contributed by atoms with Gasteiger partial charge in [-0.3, -0.25) is 4.90 Å². The maximum absolute atomic E-state index is 13.6. The summed E-state index contributed by atoms with van der Waals surface area (Å²) >= 11 is 0. The quantitative estimate of drug-likeness (QED) is 0.506. The average molecular weight is 393 g/mol. The first-order valence-corrected chi connectivity index (χ1v) is 8.78. The van der Waals surface area contributed by atoms with E-state index in [9.17, 15) is 13.2 Å². The minimum Gasteiger partial charge on any atom is -0.497 e. The third-order valence-electron chi connectivity index (χ3n) is 4.65. The molecule has 2 rings (SSSR count). The second kappa shape index (κ2) is 10.8. The number of alkyl halides is 3. The second-order valence-electron chi connectivity index (χ2n) is 6.33. The molecule has 0 bridgehead atoms. The van der Waals surface area contributed by atoms with Gasteiger partial charge in [0.15, 0.2) is 0 Å². The van der Waals surface area contributed by atoms with Crippen LogP contribution in [0.15, 0.2) is 30.9 Å². The van der Waals surface area contributed by atoms with E-state index in [1.54, 1.807) is 12.1 Å². The fourth-order valence-electron chi connectivity index (χ4n) is 3.35. The molecular formula is C19H28ClF3N2O. The van der Waals surface area contributed by atoms with Crippen LogP contribution in [0, 0.1) is 0 Å². The van der Waals surface area contributed by atoms with Crippen molar-refractivity contribution in [1.82, 2.24) is 10.2 Å². The van der Waals surface area contributed by atoms with Gasteiger partial charge in [-0.05, 0) is 37.0 Å². The fourth-order valence-corrected chi connectivity index (χ4v) is 3.35. The Labute approximate surface area is 160 Å². The maximum atomic E-state index is 13.6. The number of methoxy groups -OCH3 is 1. The standard InChI is InChI=1S/C19H27F3N2O.ClH/c1-3-4-5-6-7-18(24-12-10-23-11-13-24)16-9-8-15(25-2)14-17(16)19(20,21)22;/h3,8-9,14,18,23H,1,4-7,10-13H2,2H3;1H/t18-;/m0./s1. The zero-order valence-electron chi connectivity index (χ0n) is 15.1. The van der Waals surface area contributed by atoms with Crippen LogP contribution in [0.25, 0.3) is 0 Å². The topological polar surface area (TPSA) is 24.5 Å². The van der Waals surface area contributed by atoms with Gasteiger partial charge in [0, 0.05) is 32.2 Å². The highest BCUT2D eigenvalue weighted by atomic mass is 35.5. The SMILES string of the molecule is C=CCCCC[C@@H](c1ccc(OC)cc1C(F)(F)F)N1CCNCC1.Cl. The Morgan fingerprint density at radius 1 is 1.27 bits per heavy atom. The van der Waals surface area contributed by atoms with Crippen LogP contribution in [0.1, 0.15) is 42.9 Å². The molecule has 1 heterocycles. The molecule has 148 valence electrons. The number of halogens is 4. The molecule has 1 aliphatic rings. The van der Waals surface area contributed by atoms with Crippen LogP contribution in [0.5, 0.6) is 5.75 Å². The van der Waals surface area contributed by atoms with Crippen LogP contribution in [0.3, 0.4) is 0 Å². The maximum Gasteiger partial charge on any atom is 0.416 e. The van der Waals surface area contributed by atoms with Crippen LogP contribution in [0.4, 0.5) is 13.2 Å². The molecule has 1 atom stereocenters. The fraction of sp³-hybridized carbons (Fsp3) is 0.579. The number of benzene rings is 1. The van der Waals surface area contributed by atoms with Crippen molar-refractivity contribution >= 4 is 12.4 Å². The van der Waals surface area contributed by atoms with Gasteiger partial charge in [0.1, 0.15) is 5.75 Å². The highest BCUT2D eigenvalue weighted by Crippen LogP contribution is 2.40. The lowest BCUT2D eigenvalue weighted by atomic mass is 9.93. The Bertz CT molecular complexity index is 560. The average Bonchev–Trinajstić information content (AvgIpc) is 2.61. The van der Waals surface area contributed by atoms with Crippen LogP contribution in [0.2, 0.25) is 0 Å². The summed E-state index contributed by atoms with van der Waals surface area (Å²) in [5.74, 6) is 0.238. The largest absolute Gasteiger partial charge is 0.497 e. The van der Waals surface area contributed by atoms with Crippen molar-refractivity contribution in [3.05, 3.63) is 42.0 Å². The van der Waals surface area contributed by atoms with Gasteiger partial charge >= 0.3 is 6.18 Å². The van der Waals surface area contributed by atoms with Gasteiger partial charge in [-0.25, -0.2) is 0 Å². The Hall–Kier alpha value is -1.24. The number of hydrogen-bond acceptors (Lipinski definition) is 3. The van der Waals surface area contributed by atoms with E-state index in [0.717, 1.165) is 51.5 Å². The van der Waals surface area contributed by atoms with Crippen molar-refractivity contribution in [3.63, 3.8) is 0 Å². The lowest BCUT2D eigenvalue weighted by Crippen LogP contribution is -2.45. The predicted octanol–water partition coefficient (Wildman–Crippen LogP) is 4.83. The number of allylic oxidation sites excluding steroid dienone is 1. The molecule has 3 nitrogen and oxygen atoms in total. The van der Waals surface area contributed by atoms with E-state index in [-0.39, 0.29) is 24.2 Å². The van der Waals surface area contributed by atoms with Crippen molar-refractivity contribution in [2.75, 3.05) is 33.3 Å². The van der Waals surface area contributed by atoms with E-state index in [1.165, 1.54) is 7.11 Å². The van der Waals surface area contributed by atoms with Crippen molar-refractivity contribution in [2.24, 2.45) is 0 Å². The van der Waals surface area contributed by atoms with E-state index < -0.39 is 11.7 Å². The smallest absolute Gasteiger partial charge is 0.416 e. The number of nitrogens with zero attached hydrogens (tertiary/aromatic N) is 1. The molecule has 1 N–H and O–H groups in total. The highest BCUT2D eigenvalue weighted by Gasteiger charge is 2.37. The molecule has 1 aromatic carbocycles. The molecule has 0 radical (unpaired) electrons. The van der Waals surface area contributed by atoms with E-state index in [0.29, 0.717) is 12.0 Å². The van der Waals surface area contributed by atoms with Crippen molar-refractivity contribution in [2.45, 2.75) is 37.9 Å². The van der Waals surface area contributed by atoms with Crippen LogP contribution < -0.4 is 10.1 Å². The molecule has 0 aliphatic carbocycles. The third kappa shape index (κ3) is 6.18. The highest BCUT2D eigenvalue weighted by molar-refractivity contribution is 5.85. The van der Waals surface area contributed by atoms with E-state index >= 15 is 0 Å². The summed E-state index contributed by atoms with van der Waals surface area (Å²) in [7, 11) is 1.39. The van der Waals surface area contributed by atoms with Crippen LogP contribution in [-0.2, 0) is 6.18 Å². The molecular weight excluding hydrogens is 365 g/mol. The number of ether oxygens (including phenoxy) is 1. The van der Waals surface area contributed by atoms with Gasteiger partial charge < -0.3 is 10.1 Å². The number of rotatable bonds is 8. The molecule has 1 saturated heterocycles. The lowest BCUT2D eigenvalue weighted by Gasteiger charge is -2.36. The van der Waals surface area contributed by atoms with Gasteiger partial charge in [0.25, 0.3) is 0 Å². The normalized spacial score (nSPS) is 16.6. The molecule has 7 heteroatoms. The molecule has 0 saturated carbocycles. The number of piperazine rings is 1. The zero-order chi connectivity index (χ0) is 18.3. The molecule has 0 unspecified atom stereocenters. The van der Waals surface area contributed by atoms with Crippen molar-refractivity contribution < 1.29 is 17.9 Å². The Morgan fingerprint density at radius 2 is 1.96 bits per heavy atom. The summed E-state index contributed by atoms with van der Waals surface area (Å²) in [6.07, 6.45) is 0.894. The Morgan fingerprint density at radius 3 is 2.54 bits per heavy atom. The van der Waals surface area contributed by atoms with Crippen LogP contribution in [-0.4, -0.2) is 38.2 Å². The molecule has 1 aliphatic heterocycles. The first-order chi connectivity index (χ1) is 12.0. The zero-order valence-corrected chi connectivity index (χ0v) is 16.0. The van der Waals surface area contributed by atoms with E-state index in [1.807, 2.05) is 6.08 Å². The van der Waals surface area contributed by atoms with Gasteiger partial charge in [-0.15, -0.1) is 19.0 Å². The van der Waals surface area contributed by atoms with E-state index in [4.69, 9.17) is 4.74 Å². The van der Waals surface area contributed by atoms with Crippen LogP contribution >= 0.6 is 12.4 Å². The monoisotopic (exact) mass is 392 g/mol. The summed E-state index contributed by atoms with van der Waals surface area (Å²) < 4.78 is 45.9. The molecule has 0 spiro atoms. The Balaban J connectivity index is 0.00000338. The van der Waals surface area contributed by atoms with Gasteiger partial charge in [-0.2, -0.15) is 13.2 Å². The minimum atomic E-state index is -4.39. The number of hydrogen-bond donors (Lipinski definition) is 1. The lowest BCUT2D eigenvalue weighted by molar-refractivity contribution is -0.139.